The molecule has 2 N–H and O–H groups in total. The molecule has 0 aromatic heterocycles. The number of hydrogen-bond donors (Lipinski definition) is 1. The lowest BCUT2D eigenvalue weighted by molar-refractivity contribution is 0.650. The first kappa shape index (κ1) is 9.78. The van der Waals surface area contributed by atoms with E-state index in [0.717, 1.165) is 13.0 Å². The molecule has 0 aromatic rings. The van der Waals surface area contributed by atoms with E-state index in [0.29, 0.717) is 11.8 Å². The van der Waals surface area contributed by atoms with Crippen molar-refractivity contribution in [1.29, 1.82) is 0 Å². The molecule has 0 bridgehead atoms. The Kier molecular flexibility index (Phi) is 3.50. The van der Waals surface area contributed by atoms with Crippen LogP contribution in [-0.4, -0.2) is 12.4 Å². The molecular weight excluding hydrogens is 160 g/mol. The molecule has 0 saturated carbocycles. The highest BCUT2D eigenvalue weighted by Gasteiger charge is 2.08. The standard InChI is InChI=1S/C11H16N2/c1-3-4-9(2)7-10-5-6-11(12)13-8-10/h3-6,10H,1,7-8H2,2H3,(H2,12,13)/b9-4-. The van der Waals surface area contributed by atoms with Gasteiger partial charge in [-0.1, -0.05) is 30.4 Å². The summed E-state index contributed by atoms with van der Waals surface area (Å²) in [6.45, 7) is 6.58. The molecule has 0 radical (unpaired) electrons. The van der Waals surface area contributed by atoms with Gasteiger partial charge in [0.25, 0.3) is 0 Å². The fraction of sp³-hybridized carbons (Fsp3) is 0.364. The molecule has 1 aliphatic rings. The lowest BCUT2D eigenvalue weighted by Crippen LogP contribution is -2.16. The third-order valence-corrected chi connectivity index (χ3v) is 2.03. The van der Waals surface area contributed by atoms with Crippen molar-refractivity contribution in [3.8, 4) is 0 Å². The van der Waals surface area contributed by atoms with Crippen LogP contribution in [0.5, 0.6) is 0 Å². The Labute approximate surface area is 79.5 Å². The largest absolute Gasteiger partial charge is 0.384 e. The van der Waals surface area contributed by atoms with Crippen LogP contribution in [0.2, 0.25) is 0 Å². The first-order valence-corrected chi connectivity index (χ1v) is 4.48. The Morgan fingerprint density at radius 2 is 2.62 bits per heavy atom. The summed E-state index contributed by atoms with van der Waals surface area (Å²) < 4.78 is 0. The average Bonchev–Trinajstić information content (AvgIpc) is 2.09. The molecule has 1 unspecified atom stereocenters. The molecule has 0 saturated heterocycles. The summed E-state index contributed by atoms with van der Waals surface area (Å²) in [5.74, 6) is 1.14. The zero-order valence-electron chi connectivity index (χ0n) is 8.03. The van der Waals surface area contributed by atoms with E-state index < -0.39 is 0 Å². The molecule has 2 nitrogen and oxygen atoms in total. The number of allylic oxidation sites excluding steroid dienone is 3. The zero-order valence-corrected chi connectivity index (χ0v) is 8.03. The molecule has 70 valence electrons. The van der Waals surface area contributed by atoms with Crippen molar-refractivity contribution in [3.05, 3.63) is 36.5 Å². The number of aliphatic imine (C=N–C) groups is 1. The summed E-state index contributed by atoms with van der Waals surface area (Å²) >= 11 is 0. The highest BCUT2D eigenvalue weighted by molar-refractivity contribution is 5.91. The smallest absolute Gasteiger partial charge is 0.117 e. The molecule has 13 heavy (non-hydrogen) atoms. The van der Waals surface area contributed by atoms with Gasteiger partial charge < -0.3 is 5.73 Å². The Morgan fingerprint density at radius 3 is 3.15 bits per heavy atom. The molecule has 0 fully saturated rings. The molecule has 1 atom stereocenters. The molecule has 0 spiro atoms. The Balaban J connectivity index is 2.45. The van der Waals surface area contributed by atoms with Crippen molar-refractivity contribution < 1.29 is 0 Å². The highest BCUT2D eigenvalue weighted by atomic mass is 14.9. The minimum atomic E-state index is 0.503. The second-order valence-electron chi connectivity index (χ2n) is 3.34. The van der Waals surface area contributed by atoms with Crippen LogP contribution in [0.3, 0.4) is 0 Å². The molecule has 0 amide bonds. The number of amidine groups is 1. The van der Waals surface area contributed by atoms with Gasteiger partial charge >= 0.3 is 0 Å². The maximum absolute atomic E-state index is 5.52. The minimum absolute atomic E-state index is 0.503. The third-order valence-electron chi connectivity index (χ3n) is 2.03. The number of rotatable bonds is 3. The van der Waals surface area contributed by atoms with E-state index in [2.05, 4.69) is 24.6 Å². The lowest BCUT2D eigenvalue weighted by Gasteiger charge is -2.13. The lowest BCUT2D eigenvalue weighted by atomic mass is 9.98. The van der Waals surface area contributed by atoms with Crippen LogP contribution < -0.4 is 5.73 Å². The fourth-order valence-corrected chi connectivity index (χ4v) is 1.39. The van der Waals surface area contributed by atoms with Crippen LogP contribution in [0.25, 0.3) is 0 Å². The summed E-state index contributed by atoms with van der Waals surface area (Å²) in [6.07, 6.45) is 8.91. The monoisotopic (exact) mass is 176 g/mol. The third kappa shape index (κ3) is 3.28. The van der Waals surface area contributed by atoms with Crippen LogP contribution in [0.15, 0.2) is 41.4 Å². The Hall–Kier alpha value is -1.31. The predicted octanol–water partition coefficient (Wildman–Crippen LogP) is 2.05. The second-order valence-corrected chi connectivity index (χ2v) is 3.34. The number of hydrogen-bond acceptors (Lipinski definition) is 2. The van der Waals surface area contributed by atoms with Gasteiger partial charge in [0.1, 0.15) is 5.84 Å². The van der Waals surface area contributed by atoms with Crippen LogP contribution in [0.1, 0.15) is 13.3 Å². The van der Waals surface area contributed by atoms with E-state index in [9.17, 15) is 0 Å². The first-order chi connectivity index (χ1) is 6.22. The van der Waals surface area contributed by atoms with Gasteiger partial charge in [0, 0.05) is 12.5 Å². The topological polar surface area (TPSA) is 38.4 Å². The summed E-state index contributed by atoms with van der Waals surface area (Å²) in [7, 11) is 0. The van der Waals surface area contributed by atoms with E-state index in [4.69, 9.17) is 5.73 Å². The SMILES string of the molecule is C=C/C=C(/C)CC1C=CC(N)=NC1. The van der Waals surface area contributed by atoms with Gasteiger partial charge in [-0.05, 0) is 19.4 Å². The molecular formula is C11H16N2. The van der Waals surface area contributed by atoms with Crippen LogP contribution >= 0.6 is 0 Å². The summed E-state index contributed by atoms with van der Waals surface area (Å²) in [6, 6.07) is 0. The number of dihydropyridines is 1. The maximum atomic E-state index is 5.52. The van der Waals surface area contributed by atoms with Crippen molar-refractivity contribution in [2.24, 2.45) is 16.6 Å². The molecule has 1 rings (SSSR count). The van der Waals surface area contributed by atoms with E-state index in [1.165, 1.54) is 5.57 Å². The van der Waals surface area contributed by atoms with Gasteiger partial charge in [-0.3, -0.25) is 4.99 Å². The number of nitrogens with two attached hydrogens (primary N) is 1. The molecule has 0 aromatic carbocycles. The zero-order chi connectivity index (χ0) is 9.68. The van der Waals surface area contributed by atoms with E-state index in [1.807, 2.05) is 18.2 Å². The van der Waals surface area contributed by atoms with E-state index in [1.54, 1.807) is 0 Å². The molecule has 1 heterocycles. The van der Waals surface area contributed by atoms with Crippen molar-refractivity contribution in [2.45, 2.75) is 13.3 Å². The predicted molar refractivity (Wildman–Crippen MR) is 57.7 cm³/mol. The van der Waals surface area contributed by atoms with E-state index >= 15 is 0 Å². The van der Waals surface area contributed by atoms with E-state index in [-0.39, 0.29) is 0 Å². The second kappa shape index (κ2) is 4.65. The summed E-state index contributed by atoms with van der Waals surface area (Å²) in [4.78, 5) is 4.18. The Morgan fingerprint density at radius 1 is 1.85 bits per heavy atom. The van der Waals surface area contributed by atoms with Gasteiger partial charge in [0.05, 0.1) is 0 Å². The first-order valence-electron chi connectivity index (χ1n) is 4.48. The van der Waals surface area contributed by atoms with Gasteiger partial charge in [0.2, 0.25) is 0 Å². The van der Waals surface area contributed by atoms with Gasteiger partial charge in [-0.25, -0.2) is 0 Å². The minimum Gasteiger partial charge on any atom is -0.384 e. The van der Waals surface area contributed by atoms with Crippen molar-refractivity contribution >= 4 is 5.84 Å². The summed E-state index contributed by atoms with van der Waals surface area (Å²) in [5.41, 5.74) is 6.85. The molecule has 1 aliphatic heterocycles. The molecule has 0 aliphatic carbocycles. The van der Waals surface area contributed by atoms with Gasteiger partial charge in [-0.2, -0.15) is 0 Å². The van der Waals surface area contributed by atoms with Gasteiger partial charge in [0.15, 0.2) is 0 Å². The quantitative estimate of drug-likeness (QED) is 0.657. The Bertz CT molecular complexity index is 272. The van der Waals surface area contributed by atoms with Gasteiger partial charge in [-0.15, -0.1) is 0 Å². The van der Waals surface area contributed by atoms with Crippen molar-refractivity contribution in [3.63, 3.8) is 0 Å². The fourth-order valence-electron chi connectivity index (χ4n) is 1.39. The maximum Gasteiger partial charge on any atom is 0.117 e. The van der Waals surface area contributed by atoms with Crippen molar-refractivity contribution in [1.82, 2.24) is 0 Å². The van der Waals surface area contributed by atoms with Crippen molar-refractivity contribution in [2.75, 3.05) is 6.54 Å². The van der Waals surface area contributed by atoms with Crippen LogP contribution in [0, 0.1) is 5.92 Å². The number of nitrogens with zero attached hydrogens (tertiary/aromatic N) is 1. The van der Waals surface area contributed by atoms with Crippen LogP contribution in [0.4, 0.5) is 0 Å². The normalized spacial score (nSPS) is 22.7. The summed E-state index contributed by atoms with van der Waals surface area (Å²) in [5, 5.41) is 0. The highest BCUT2D eigenvalue weighted by Crippen LogP contribution is 2.15. The van der Waals surface area contributed by atoms with Crippen LogP contribution in [-0.2, 0) is 0 Å². The molecule has 2 heteroatoms. The average molecular weight is 176 g/mol.